The van der Waals surface area contributed by atoms with Gasteiger partial charge in [-0.3, -0.25) is 0 Å². The summed E-state index contributed by atoms with van der Waals surface area (Å²) >= 11 is 0. The minimum Gasteiger partial charge on any atom is -0.0654 e. The molecule has 1 aromatic rings. The lowest BCUT2D eigenvalue weighted by Gasteiger charge is -2.03. The maximum absolute atomic E-state index is 3.04. The van der Waals surface area contributed by atoms with Crippen LogP contribution in [0.3, 0.4) is 0 Å². The molecule has 0 aliphatic rings. The third-order valence-corrected chi connectivity index (χ3v) is 4.54. The molecular weight excluding hydrogens is 264 g/mol. The first kappa shape index (κ1) is 19.3. The van der Waals surface area contributed by atoms with E-state index >= 15 is 0 Å². The molecule has 2 radical (unpaired) electrons. The second-order valence-electron chi connectivity index (χ2n) is 6.69. The molecule has 0 unspecified atom stereocenters. The predicted molar refractivity (Wildman–Crippen MR) is 98.1 cm³/mol. The SMILES string of the molecule is CCCCCCCCCCCCCCCCc1c[c][c]cc1. The van der Waals surface area contributed by atoms with Crippen LogP contribution in [0.2, 0.25) is 0 Å². The van der Waals surface area contributed by atoms with E-state index in [1.54, 1.807) is 0 Å². The lowest BCUT2D eigenvalue weighted by Crippen LogP contribution is -1.86. The van der Waals surface area contributed by atoms with Gasteiger partial charge in [0.15, 0.2) is 0 Å². The van der Waals surface area contributed by atoms with Crippen molar-refractivity contribution >= 4 is 0 Å². The van der Waals surface area contributed by atoms with Crippen LogP contribution in [0.25, 0.3) is 0 Å². The van der Waals surface area contributed by atoms with Crippen molar-refractivity contribution in [2.24, 2.45) is 0 Å². The van der Waals surface area contributed by atoms with Gasteiger partial charge < -0.3 is 0 Å². The van der Waals surface area contributed by atoms with Crippen molar-refractivity contribution in [1.29, 1.82) is 0 Å². The fourth-order valence-electron chi connectivity index (χ4n) is 3.06. The van der Waals surface area contributed by atoms with E-state index in [9.17, 15) is 0 Å². The van der Waals surface area contributed by atoms with Gasteiger partial charge in [-0.15, -0.1) is 0 Å². The molecule has 0 amide bonds. The maximum atomic E-state index is 3.04. The van der Waals surface area contributed by atoms with Crippen molar-refractivity contribution in [3.8, 4) is 0 Å². The summed E-state index contributed by atoms with van der Waals surface area (Å²) in [7, 11) is 0. The Hall–Kier alpha value is -0.780. The van der Waals surface area contributed by atoms with Crippen LogP contribution in [0.5, 0.6) is 0 Å². The molecule has 22 heavy (non-hydrogen) atoms. The van der Waals surface area contributed by atoms with E-state index in [0.717, 1.165) is 0 Å². The van der Waals surface area contributed by atoms with Gasteiger partial charge in [0, 0.05) is 0 Å². The molecule has 0 saturated carbocycles. The van der Waals surface area contributed by atoms with Crippen molar-refractivity contribution < 1.29 is 0 Å². The van der Waals surface area contributed by atoms with E-state index in [0.29, 0.717) is 0 Å². The minimum atomic E-state index is 1.21. The van der Waals surface area contributed by atoms with Crippen LogP contribution in [-0.4, -0.2) is 0 Å². The van der Waals surface area contributed by atoms with Crippen LogP contribution in [0.15, 0.2) is 18.2 Å². The van der Waals surface area contributed by atoms with Crippen LogP contribution in [-0.2, 0) is 6.42 Å². The van der Waals surface area contributed by atoms with Crippen LogP contribution in [0, 0.1) is 12.1 Å². The van der Waals surface area contributed by atoms with Crippen molar-refractivity contribution in [1.82, 2.24) is 0 Å². The Morgan fingerprint density at radius 1 is 0.636 bits per heavy atom. The van der Waals surface area contributed by atoms with Crippen molar-refractivity contribution in [3.05, 3.63) is 35.9 Å². The van der Waals surface area contributed by atoms with E-state index in [1.807, 2.05) is 6.07 Å². The van der Waals surface area contributed by atoms with Crippen LogP contribution < -0.4 is 0 Å². The summed E-state index contributed by atoms with van der Waals surface area (Å²) < 4.78 is 0. The summed E-state index contributed by atoms with van der Waals surface area (Å²) in [5.74, 6) is 0. The molecule has 0 saturated heterocycles. The summed E-state index contributed by atoms with van der Waals surface area (Å²) in [6, 6.07) is 12.2. The molecule has 0 heteroatoms. The first-order valence-electron chi connectivity index (χ1n) is 9.80. The molecule has 0 fully saturated rings. The monoisotopic (exact) mass is 300 g/mol. The number of unbranched alkanes of at least 4 members (excludes halogenated alkanes) is 13. The van der Waals surface area contributed by atoms with Gasteiger partial charge in [0.05, 0.1) is 0 Å². The molecule has 0 spiro atoms. The van der Waals surface area contributed by atoms with Crippen molar-refractivity contribution in [3.63, 3.8) is 0 Å². The molecule has 0 aliphatic carbocycles. The Bertz CT molecular complexity index is 314. The van der Waals surface area contributed by atoms with Gasteiger partial charge >= 0.3 is 0 Å². The highest BCUT2D eigenvalue weighted by molar-refractivity contribution is 5.12. The largest absolute Gasteiger partial charge is 0.0654 e. The molecule has 0 aliphatic heterocycles. The summed E-state index contributed by atoms with van der Waals surface area (Å²) in [5, 5.41) is 0. The average Bonchev–Trinajstić information content (AvgIpc) is 2.56. The summed E-state index contributed by atoms with van der Waals surface area (Å²) in [4.78, 5) is 0. The second-order valence-corrected chi connectivity index (χ2v) is 6.69. The second kappa shape index (κ2) is 15.1. The van der Waals surface area contributed by atoms with Crippen LogP contribution in [0.4, 0.5) is 0 Å². The number of aryl methyl sites for hydroxylation is 1. The van der Waals surface area contributed by atoms with Gasteiger partial charge in [-0.05, 0) is 30.5 Å². The third kappa shape index (κ3) is 11.8. The van der Waals surface area contributed by atoms with Gasteiger partial charge in [0.25, 0.3) is 0 Å². The topological polar surface area (TPSA) is 0 Å². The Labute approximate surface area is 139 Å². The van der Waals surface area contributed by atoms with Crippen molar-refractivity contribution in [2.45, 2.75) is 103 Å². The Morgan fingerprint density at radius 2 is 1.14 bits per heavy atom. The smallest absolute Gasteiger partial charge is 0.00961 e. The lowest BCUT2D eigenvalue weighted by atomic mass is 10.0. The number of benzene rings is 1. The molecule has 0 bridgehead atoms. The molecule has 1 rings (SSSR count). The van der Waals surface area contributed by atoms with E-state index in [2.05, 4.69) is 31.2 Å². The third-order valence-electron chi connectivity index (χ3n) is 4.54. The molecular formula is C22H36. The molecule has 0 nitrogen and oxygen atoms in total. The summed E-state index contributed by atoms with van der Waals surface area (Å²) in [6.07, 6.45) is 21.3. The zero-order valence-electron chi connectivity index (χ0n) is 14.8. The Balaban J connectivity index is 1.73. The molecule has 0 heterocycles. The molecule has 1 aromatic carbocycles. The highest BCUT2D eigenvalue weighted by atomic mass is 14.0. The maximum Gasteiger partial charge on any atom is -0.00961 e. The van der Waals surface area contributed by atoms with E-state index in [-0.39, 0.29) is 0 Å². The van der Waals surface area contributed by atoms with Crippen LogP contribution >= 0.6 is 0 Å². The molecule has 0 atom stereocenters. The Morgan fingerprint density at radius 3 is 1.59 bits per heavy atom. The van der Waals surface area contributed by atoms with Gasteiger partial charge in [0.1, 0.15) is 0 Å². The predicted octanol–water partition coefficient (Wildman–Crippen LogP) is 7.31. The number of hydrogen-bond acceptors (Lipinski definition) is 0. The fraction of sp³-hybridized carbons (Fsp3) is 0.727. The molecule has 124 valence electrons. The first-order chi connectivity index (χ1) is 10.9. The van der Waals surface area contributed by atoms with Gasteiger partial charge in [-0.1, -0.05) is 109 Å². The number of rotatable bonds is 15. The van der Waals surface area contributed by atoms with Gasteiger partial charge in [-0.2, -0.15) is 0 Å². The zero-order valence-corrected chi connectivity index (χ0v) is 14.8. The average molecular weight is 301 g/mol. The fourth-order valence-corrected chi connectivity index (χ4v) is 3.06. The zero-order chi connectivity index (χ0) is 15.7. The molecule has 0 N–H and O–H groups in total. The van der Waals surface area contributed by atoms with E-state index in [1.165, 1.54) is 102 Å². The number of hydrogen-bond donors (Lipinski definition) is 0. The highest BCUT2D eigenvalue weighted by Crippen LogP contribution is 2.13. The molecule has 0 aromatic heterocycles. The minimum absolute atomic E-state index is 1.21. The van der Waals surface area contributed by atoms with Crippen LogP contribution in [0.1, 0.15) is 102 Å². The van der Waals surface area contributed by atoms with Gasteiger partial charge in [0.2, 0.25) is 0 Å². The quantitative estimate of drug-likeness (QED) is 0.298. The standard InChI is InChI=1S/C22H36/c1-2-3-4-5-6-7-8-9-10-11-12-13-14-16-19-22-20-17-15-18-21-22/h17,20-21H,2-14,16,19H2,1H3. The summed E-state index contributed by atoms with van der Waals surface area (Å²) in [6.45, 7) is 2.29. The van der Waals surface area contributed by atoms with Crippen molar-refractivity contribution in [2.75, 3.05) is 0 Å². The first-order valence-corrected chi connectivity index (χ1v) is 9.80. The van der Waals surface area contributed by atoms with E-state index in [4.69, 9.17) is 0 Å². The normalized spacial score (nSPS) is 11.0. The Kier molecular flexibility index (Phi) is 13.2. The summed E-state index contributed by atoms with van der Waals surface area (Å²) in [5.41, 5.74) is 1.41. The lowest BCUT2D eigenvalue weighted by molar-refractivity contribution is 0.535. The highest BCUT2D eigenvalue weighted by Gasteiger charge is 1.95. The van der Waals surface area contributed by atoms with E-state index < -0.39 is 0 Å². The van der Waals surface area contributed by atoms with Gasteiger partial charge in [-0.25, -0.2) is 0 Å².